The van der Waals surface area contributed by atoms with Gasteiger partial charge in [-0.1, -0.05) is 41.3 Å². The Hall–Kier alpha value is -2.25. The SMILES string of the molecule is Cc1ccccc1Nc1nnc(SCC(=O)c2ccc(F)cc2)s1. The van der Waals surface area contributed by atoms with Crippen LogP contribution in [0.3, 0.4) is 0 Å². The maximum atomic E-state index is 12.9. The van der Waals surface area contributed by atoms with Gasteiger partial charge in [-0.3, -0.25) is 4.79 Å². The summed E-state index contributed by atoms with van der Waals surface area (Å²) in [5.41, 5.74) is 2.59. The third-order valence-electron chi connectivity index (χ3n) is 3.29. The number of Topliss-reactive ketones (excluding diaryl/α,β-unsaturated/α-hetero) is 1. The van der Waals surface area contributed by atoms with E-state index in [1.807, 2.05) is 31.2 Å². The number of hydrogen-bond donors (Lipinski definition) is 1. The zero-order valence-corrected chi connectivity index (χ0v) is 14.5. The highest BCUT2D eigenvalue weighted by Gasteiger charge is 2.11. The van der Waals surface area contributed by atoms with Crippen LogP contribution in [-0.2, 0) is 0 Å². The van der Waals surface area contributed by atoms with Crippen molar-refractivity contribution in [1.82, 2.24) is 10.2 Å². The highest BCUT2D eigenvalue weighted by atomic mass is 32.2. The summed E-state index contributed by atoms with van der Waals surface area (Å²) in [5, 5.41) is 12.1. The zero-order chi connectivity index (χ0) is 16.9. The first-order valence-corrected chi connectivity index (χ1v) is 9.00. The normalized spacial score (nSPS) is 10.6. The minimum atomic E-state index is -0.352. The van der Waals surface area contributed by atoms with Crippen molar-refractivity contribution in [3.8, 4) is 0 Å². The van der Waals surface area contributed by atoms with Crippen molar-refractivity contribution in [2.45, 2.75) is 11.3 Å². The molecule has 0 radical (unpaired) electrons. The lowest BCUT2D eigenvalue weighted by molar-refractivity contribution is 0.102. The number of carbonyl (C=O) groups excluding carboxylic acids is 1. The Kier molecular flexibility index (Phi) is 5.22. The number of hydrogen-bond acceptors (Lipinski definition) is 6. The lowest BCUT2D eigenvalue weighted by Crippen LogP contribution is -2.01. The van der Waals surface area contributed by atoms with Crippen molar-refractivity contribution in [3.05, 3.63) is 65.5 Å². The number of aryl methyl sites for hydroxylation is 1. The molecule has 0 atom stereocenters. The smallest absolute Gasteiger partial charge is 0.210 e. The number of aromatic nitrogens is 2. The van der Waals surface area contributed by atoms with E-state index in [9.17, 15) is 9.18 Å². The fourth-order valence-corrected chi connectivity index (χ4v) is 3.65. The molecule has 1 aromatic heterocycles. The fourth-order valence-electron chi connectivity index (χ4n) is 1.99. The van der Waals surface area contributed by atoms with Crippen molar-refractivity contribution in [1.29, 1.82) is 0 Å². The quantitative estimate of drug-likeness (QED) is 0.510. The second-order valence-corrected chi connectivity index (χ2v) is 7.23. The molecule has 0 saturated carbocycles. The summed E-state index contributed by atoms with van der Waals surface area (Å²) in [6.45, 7) is 2.01. The van der Waals surface area contributed by atoms with Crippen LogP contribution in [-0.4, -0.2) is 21.7 Å². The first kappa shape index (κ1) is 16.6. The second kappa shape index (κ2) is 7.55. The molecule has 0 bridgehead atoms. The Labute approximate surface area is 147 Å². The molecule has 3 aromatic rings. The summed E-state index contributed by atoms with van der Waals surface area (Å²) in [4.78, 5) is 12.1. The third kappa shape index (κ3) is 4.18. The summed E-state index contributed by atoms with van der Waals surface area (Å²) < 4.78 is 13.6. The van der Waals surface area contributed by atoms with E-state index in [4.69, 9.17) is 0 Å². The van der Waals surface area contributed by atoms with Gasteiger partial charge in [-0.05, 0) is 42.8 Å². The minimum absolute atomic E-state index is 0.0661. The largest absolute Gasteiger partial charge is 0.330 e. The van der Waals surface area contributed by atoms with Crippen LogP contribution in [0.2, 0.25) is 0 Å². The molecule has 4 nitrogen and oxygen atoms in total. The number of halogens is 1. The number of benzene rings is 2. The average Bonchev–Trinajstić information content (AvgIpc) is 3.03. The standard InChI is InChI=1S/C17H14FN3OS2/c1-11-4-2-3-5-14(11)19-16-20-21-17(24-16)23-10-15(22)12-6-8-13(18)9-7-12/h2-9H,10H2,1H3,(H,19,20). The van der Waals surface area contributed by atoms with Crippen LogP contribution in [0.4, 0.5) is 15.2 Å². The topological polar surface area (TPSA) is 54.9 Å². The molecule has 0 unspecified atom stereocenters. The number of ketones is 1. The Morgan fingerprint density at radius 3 is 2.67 bits per heavy atom. The number of thioether (sulfide) groups is 1. The first-order chi connectivity index (χ1) is 11.6. The van der Waals surface area contributed by atoms with E-state index in [0.717, 1.165) is 11.3 Å². The molecule has 0 aliphatic heterocycles. The molecular formula is C17H14FN3OS2. The van der Waals surface area contributed by atoms with Crippen LogP contribution in [0.5, 0.6) is 0 Å². The summed E-state index contributed by atoms with van der Waals surface area (Å²) in [6, 6.07) is 13.5. The molecule has 7 heteroatoms. The molecule has 1 heterocycles. The molecule has 24 heavy (non-hydrogen) atoms. The number of carbonyl (C=O) groups is 1. The first-order valence-electron chi connectivity index (χ1n) is 7.19. The number of rotatable bonds is 6. The molecule has 1 N–H and O–H groups in total. The van der Waals surface area contributed by atoms with Crippen LogP contribution in [0, 0.1) is 12.7 Å². The minimum Gasteiger partial charge on any atom is -0.330 e. The lowest BCUT2D eigenvalue weighted by atomic mass is 10.1. The van der Waals surface area contributed by atoms with Gasteiger partial charge in [0, 0.05) is 11.3 Å². The Morgan fingerprint density at radius 1 is 1.17 bits per heavy atom. The molecule has 2 aromatic carbocycles. The van der Waals surface area contributed by atoms with Crippen molar-refractivity contribution < 1.29 is 9.18 Å². The maximum absolute atomic E-state index is 12.9. The Balaban J connectivity index is 1.59. The van der Waals surface area contributed by atoms with E-state index in [1.165, 1.54) is 47.4 Å². The van der Waals surface area contributed by atoms with Crippen LogP contribution >= 0.6 is 23.1 Å². The van der Waals surface area contributed by atoms with Gasteiger partial charge in [0.25, 0.3) is 0 Å². The second-order valence-electron chi connectivity index (χ2n) is 5.03. The Morgan fingerprint density at radius 2 is 1.92 bits per heavy atom. The summed E-state index contributed by atoms with van der Waals surface area (Å²) in [7, 11) is 0. The summed E-state index contributed by atoms with van der Waals surface area (Å²) in [5.74, 6) is -0.177. The Bertz CT molecular complexity index is 849. The molecular weight excluding hydrogens is 345 g/mol. The predicted molar refractivity (Wildman–Crippen MR) is 95.8 cm³/mol. The van der Waals surface area contributed by atoms with Crippen LogP contribution < -0.4 is 5.32 Å². The molecule has 122 valence electrons. The maximum Gasteiger partial charge on any atom is 0.210 e. The number of nitrogens with zero attached hydrogens (tertiary/aromatic N) is 2. The molecule has 0 saturated heterocycles. The average molecular weight is 359 g/mol. The van der Waals surface area contributed by atoms with Crippen molar-refractivity contribution >= 4 is 39.7 Å². The number of nitrogens with one attached hydrogen (secondary N) is 1. The molecule has 0 aliphatic carbocycles. The van der Waals surface area contributed by atoms with Gasteiger partial charge >= 0.3 is 0 Å². The van der Waals surface area contributed by atoms with E-state index in [-0.39, 0.29) is 17.4 Å². The van der Waals surface area contributed by atoms with Gasteiger partial charge in [-0.25, -0.2) is 4.39 Å². The van der Waals surface area contributed by atoms with Crippen molar-refractivity contribution in [2.24, 2.45) is 0 Å². The van der Waals surface area contributed by atoms with Gasteiger partial charge in [-0.15, -0.1) is 10.2 Å². The van der Waals surface area contributed by atoms with E-state index in [1.54, 1.807) is 0 Å². The molecule has 0 amide bonds. The monoisotopic (exact) mass is 359 g/mol. The van der Waals surface area contributed by atoms with E-state index in [0.29, 0.717) is 15.0 Å². The molecule has 3 rings (SSSR count). The van der Waals surface area contributed by atoms with E-state index >= 15 is 0 Å². The highest BCUT2D eigenvalue weighted by Crippen LogP contribution is 2.29. The van der Waals surface area contributed by atoms with E-state index in [2.05, 4.69) is 15.5 Å². The molecule has 0 fully saturated rings. The number of anilines is 2. The van der Waals surface area contributed by atoms with Crippen molar-refractivity contribution in [3.63, 3.8) is 0 Å². The van der Waals surface area contributed by atoms with Gasteiger partial charge in [0.2, 0.25) is 5.13 Å². The fraction of sp³-hybridized carbons (Fsp3) is 0.118. The van der Waals surface area contributed by atoms with Crippen molar-refractivity contribution in [2.75, 3.05) is 11.1 Å². The van der Waals surface area contributed by atoms with Gasteiger partial charge in [0.15, 0.2) is 10.1 Å². The van der Waals surface area contributed by atoms with Gasteiger partial charge in [-0.2, -0.15) is 0 Å². The van der Waals surface area contributed by atoms with Crippen LogP contribution in [0.1, 0.15) is 15.9 Å². The molecule has 0 aliphatic rings. The summed E-state index contributed by atoms with van der Waals surface area (Å²) in [6.07, 6.45) is 0. The van der Waals surface area contributed by atoms with Crippen LogP contribution in [0.15, 0.2) is 52.9 Å². The summed E-state index contributed by atoms with van der Waals surface area (Å²) >= 11 is 2.72. The third-order valence-corrected chi connectivity index (χ3v) is 5.26. The number of para-hydroxylation sites is 1. The van der Waals surface area contributed by atoms with E-state index < -0.39 is 0 Å². The van der Waals surface area contributed by atoms with Gasteiger partial charge < -0.3 is 5.32 Å². The van der Waals surface area contributed by atoms with Gasteiger partial charge in [0.05, 0.1) is 5.75 Å². The predicted octanol–water partition coefficient (Wildman–Crippen LogP) is 4.70. The lowest BCUT2D eigenvalue weighted by Gasteiger charge is -2.04. The van der Waals surface area contributed by atoms with Gasteiger partial charge in [0.1, 0.15) is 5.82 Å². The highest BCUT2D eigenvalue weighted by molar-refractivity contribution is 8.01. The zero-order valence-electron chi connectivity index (χ0n) is 12.8. The van der Waals surface area contributed by atoms with Crippen LogP contribution in [0.25, 0.3) is 0 Å². The molecule has 0 spiro atoms.